The summed E-state index contributed by atoms with van der Waals surface area (Å²) in [7, 11) is 0. The van der Waals surface area contributed by atoms with E-state index in [1.165, 1.54) is 0 Å². The molecule has 0 radical (unpaired) electrons. The highest BCUT2D eigenvalue weighted by atomic mass is 32.1. The molecule has 0 spiro atoms. The van der Waals surface area contributed by atoms with Gasteiger partial charge in [0.2, 0.25) is 5.89 Å². The molecule has 1 aromatic carbocycles. The minimum atomic E-state index is 0.0482. The van der Waals surface area contributed by atoms with Gasteiger partial charge in [-0.1, -0.05) is 12.0 Å². The third-order valence-corrected chi connectivity index (χ3v) is 3.70. The summed E-state index contributed by atoms with van der Waals surface area (Å²) in [6, 6.07) is 6.37. The van der Waals surface area contributed by atoms with Gasteiger partial charge >= 0.3 is 6.01 Å². The van der Waals surface area contributed by atoms with Crippen LogP contribution in [0.15, 0.2) is 28.1 Å². The molecule has 104 valence electrons. The highest BCUT2D eigenvalue weighted by Crippen LogP contribution is 2.24. The molecule has 0 aliphatic carbocycles. The first-order chi connectivity index (χ1) is 9.76. The summed E-state index contributed by atoms with van der Waals surface area (Å²) < 4.78 is 6.71. The van der Waals surface area contributed by atoms with E-state index in [2.05, 4.69) is 25.8 Å². The summed E-state index contributed by atoms with van der Waals surface area (Å²) >= 11 is 1.60. The molecule has 0 fully saturated rings. The van der Waals surface area contributed by atoms with Gasteiger partial charge in [-0.3, -0.25) is 0 Å². The van der Waals surface area contributed by atoms with E-state index in [4.69, 9.17) is 4.42 Å². The molecule has 1 atom stereocenters. The van der Waals surface area contributed by atoms with Gasteiger partial charge in [0, 0.05) is 5.69 Å². The number of aromatic nitrogens is 3. The molecule has 3 aromatic rings. The van der Waals surface area contributed by atoms with Crippen molar-refractivity contribution in [1.29, 1.82) is 0 Å². The molecule has 2 N–H and O–H groups in total. The lowest BCUT2D eigenvalue weighted by molar-refractivity contribution is 0.430. The summed E-state index contributed by atoms with van der Waals surface area (Å²) in [4.78, 5) is 4.25. The number of rotatable bonds is 5. The van der Waals surface area contributed by atoms with E-state index in [0.29, 0.717) is 11.9 Å². The number of thiazole rings is 1. The molecule has 0 amide bonds. The first kappa shape index (κ1) is 13.0. The second kappa shape index (κ2) is 5.56. The molecule has 1 unspecified atom stereocenters. The number of hydrogen-bond acceptors (Lipinski definition) is 7. The van der Waals surface area contributed by atoms with E-state index in [-0.39, 0.29) is 6.04 Å². The maximum absolute atomic E-state index is 5.59. The number of nitrogens with zero attached hydrogens (tertiary/aromatic N) is 3. The molecular formula is C13H15N5OS. The molecule has 2 aromatic heterocycles. The van der Waals surface area contributed by atoms with Crippen molar-refractivity contribution in [2.45, 2.75) is 19.9 Å². The fourth-order valence-electron chi connectivity index (χ4n) is 1.91. The van der Waals surface area contributed by atoms with Gasteiger partial charge in [0.25, 0.3) is 0 Å². The number of anilines is 2. The largest absolute Gasteiger partial charge is 0.406 e. The normalized spacial score (nSPS) is 12.7. The van der Waals surface area contributed by atoms with Crippen LogP contribution in [0.25, 0.3) is 10.2 Å². The Hall–Kier alpha value is -1.99. The molecule has 0 bridgehead atoms. The molecule has 0 aliphatic rings. The van der Waals surface area contributed by atoms with Crippen molar-refractivity contribution in [3.05, 3.63) is 29.6 Å². The Morgan fingerprint density at radius 1 is 1.35 bits per heavy atom. The maximum Gasteiger partial charge on any atom is 0.320 e. The van der Waals surface area contributed by atoms with Crippen LogP contribution in [0.3, 0.4) is 0 Å². The Morgan fingerprint density at radius 3 is 3.10 bits per heavy atom. The van der Waals surface area contributed by atoms with Crippen molar-refractivity contribution < 1.29 is 4.42 Å². The zero-order valence-corrected chi connectivity index (χ0v) is 12.1. The summed E-state index contributed by atoms with van der Waals surface area (Å²) in [5, 5.41) is 14.4. The number of hydrogen-bond donors (Lipinski definition) is 2. The number of fused-ring (bicyclic) bond motifs is 1. The zero-order chi connectivity index (χ0) is 13.9. The predicted octanol–water partition coefficient (Wildman–Crippen LogP) is 3.09. The van der Waals surface area contributed by atoms with Crippen LogP contribution in [0.4, 0.5) is 11.7 Å². The Labute approximate surface area is 120 Å². The lowest BCUT2D eigenvalue weighted by Gasteiger charge is -2.06. The molecule has 3 rings (SSSR count). The van der Waals surface area contributed by atoms with Crippen LogP contribution in [-0.2, 0) is 0 Å². The van der Waals surface area contributed by atoms with E-state index in [1.807, 2.05) is 37.6 Å². The van der Waals surface area contributed by atoms with E-state index < -0.39 is 0 Å². The van der Waals surface area contributed by atoms with E-state index >= 15 is 0 Å². The summed E-state index contributed by atoms with van der Waals surface area (Å²) in [5.74, 6) is 0.577. The summed E-state index contributed by atoms with van der Waals surface area (Å²) in [5.41, 5.74) is 3.73. The van der Waals surface area contributed by atoms with Crippen molar-refractivity contribution in [2.24, 2.45) is 0 Å². The second-order valence-corrected chi connectivity index (χ2v) is 5.27. The monoisotopic (exact) mass is 289 g/mol. The molecule has 6 nitrogen and oxygen atoms in total. The van der Waals surface area contributed by atoms with E-state index in [1.54, 1.807) is 11.3 Å². The van der Waals surface area contributed by atoms with E-state index in [9.17, 15) is 0 Å². The zero-order valence-electron chi connectivity index (χ0n) is 11.3. The highest BCUT2D eigenvalue weighted by Gasteiger charge is 2.12. The molecule has 7 heteroatoms. The van der Waals surface area contributed by atoms with Crippen molar-refractivity contribution in [3.8, 4) is 0 Å². The third-order valence-electron chi connectivity index (χ3n) is 2.90. The Morgan fingerprint density at radius 2 is 2.25 bits per heavy atom. The molecule has 0 saturated carbocycles. The Bertz CT molecular complexity index is 707. The molecule has 20 heavy (non-hydrogen) atoms. The minimum absolute atomic E-state index is 0.0482. The van der Waals surface area contributed by atoms with Crippen LogP contribution in [-0.4, -0.2) is 21.7 Å². The van der Waals surface area contributed by atoms with Gasteiger partial charge in [-0.15, -0.1) is 16.4 Å². The van der Waals surface area contributed by atoms with Gasteiger partial charge in [-0.2, -0.15) is 0 Å². The number of nitrogens with one attached hydrogen (secondary N) is 2. The van der Waals surface area contributed by atoms with Crippen LogP contribution >= 0.6 is 11.3 Å². The van der Waals surface area contributed by atoms with Gasteiger partial charge < -0.3 is 15.1 Å². The first-order valence-electron chi connectivity index (χ1n) is 6.43. The lowest BCUT2D eigenvalue weighted by atomic mass is 10.3. The van der Waals surface area contributed by atoms with Gasteiger partial charge in [-0.05, 0) is 31.7 Å². The quantitative estimate of drug-likeness (QED) is 0.751. The topological polar surface area (TPSA) is 75.9 Å². The predicted molar refractivity (Wildman–Crippen MR) is 79.3 cm³/mol. The maximum atomic E-state index is 5.59. The molecule has 2 heterocycles. The lowest BCUT2D eigenvalue weighted by Crippen LogP contribution is -2.17. The second-order valence-electron chi connectivity index (χ2n) is 4.38. The van der Waals surface area contributed by atoms with Gasteiger partial charge in [0.1, 0.15) is 0 Å². The Balaban J connectivity index is 1.76. The van der Waals surface area contributed by atoms with Gasteiger partial charge in [0.15, 0.2) is 0 Å². The number of benzene rings is 1. The van der Waals surface area contributed by atoms with Crippen molar-refractivity contribution in [1.82, 2.24) is 20.5 Å². The first-order valence-corrected chi connectivity index (χ1v) is 7.31. The Kier molecular flexibility index (Phi) is 3.62. The highest BCUT2D eigenvalue weighted by molar-refractivity contribution is 7.16. The van der Waals surface area contributed by atoms with Crippen molar-refractivity contribution >= 4 is 33.3 Å². The molecular weight excluding hydrogens is 274 g/mol. The summed E-state index contributed by atoms with van der Waals surface area (Å²) in [6.07, 6.45) is 0. The van der Waals surface area contributed by atoms with Gasteiger partial charge in [0.05, 0.1) is 21.8 Å². The SMILES string of the molecule is CCNC(C)c1nnc(Nc2ccc3ncsc3c2)o1. The fourth-order valence-corrected chi connectivity index (χ4v) is 2.63. The summed E-state index contributed by atoms with van der Waals surface area (Å²) in [6.45, 7) is 4.88. The van der Waals surface area contributed by atoms with Crippen LogP contribution in [0, 0.1) is 0 Å². The van der Waals surface area contributed by atoms with Crippen LogP contribution in [0.2, 0.25) is 0 Å². The minimum Gasteiger partial charge on any atom is -0.406 e. The van der Waals surface area contributed by atoms with Crippen molar-refractivity contribution in [3.63, 3.8) is 0 Å². The standard InChI is InChI=1S/C13H15N5OS/c1-3-14-8(2)12-17-18-13(19-12)16-9-4-5-10-11(6-9)20-7-15-10/h4-8,14H,3H2,1-2H3,(H,16,18). The van der Waals surface area contributed by atoms with Crippen LogP contribution in [0.5, 0.6) is 0 Å². The van der Waals surface area contributed by atoms with Crippen molar-refractivity contribution in [2.75, 3.05) is 11.9 Å². The fraction of sp³-hybridized carbons (Fsp3) is 0.308. The average molecular weight is 289 g/mol. The van der Waals surface area contributed by atoms with Crippen LogP contribution < -0.4 is 10.6 Å². The third kappa shape index (κ3) is 2.63. The van der Waals surface area contributed by atoms with E-state index in [0.717, 1.165) is 22.4 Å². The average Bonchev–Trinajstić information content (AvgIpc) is 3.07. The smallest absolute Gasteiger partial charge is 0.320 e. The molecule has 0 aliphatic heterocycles. The van der Waals surface area contributed by atoms with Crippen LogP contribution in [0.1, 0.15) is 25.8 Å². The van der Waals surface area contributed by atoms with Gasteiger partial charge in [-0.25, -0.2) is 4.98 Å². The molecule has 0 saturated heterocycles.